The summed E-state index contributed by atoms with van der Waals surface area (Å²) in [6, 6.07) is 10.1. The van der Waals surface area contributed by atoms with Gasteiger partial charge in [-0.25, -0.2) is 4.98 Å². The van der Waals surface area contributed by atoms with E-state index in [2.05, 4.69) is 20.3 Å². The number of aryl methyl sites for hydroxylation is 1. The van der Waals surface area contributed by atoms with Crippen LogP contribution in [-0.2, 0) is 10.1 Å². The zero-order chi connectivity index (χ0) is 16.6. The Labute approximate surface area is 137 Å². The number of aromatic nitrogens is 3. The standard InChI is InChI=1S/C14H11ClN4O3S/c1-8-16-13(15)19-14(17-8)18-11-7-6-9-4-2-3-5-10(9)12(11)23(20,21)22/h2-7H,1H3,(H,20,21,22)(H,16,17,18,19). The minimum absolute atomic E-state index is 0.0193. The monoisotopic (exact) mass is 350 g/mol. The van der Waals surface area contributed by atoms with Gasteiger partial charge in [0, 0.05) is 5.39 Å². The quantitative estimate of drug-likeness (QED) is 0.699. The number of anilines is 2. The molecule has 7 nitrogen and oxygen atoms in total. The van der Waals surface area contributed by atoms with Crippen LogP contribution in [0.25, 0.3) is 10.8 Å². The molecule has 9 heteroatoms. The molecule has 0 saturated carbocycles. The molecule has 0 bridgehead atoms. The largest absolute Gasteiger partial charge is 0.323 e. The van der Waals surface area contributed by atoms with Gasteiger partial charge in [0.1, 0.15) is 10.7 Å². The fraction of sp³-hybridized carbons (Fsp3) is 0.0714. The lowest BCUT2D eigenvalue weighted by atomic mass is 10.1. The number of fused-ring (bicyclic) bond motifs is 1. The molecule has 0 atom stereocenters. The number of halogens is 1. The van der Waals surface area contributed by atoms with E-state index in [9.17, 15) is 13.0 Å². The van der Waals surface area contributed by atoms with Crippen LogP contribution in [0.4, 0.5) is 11.6 Å². The summed E-state index contributed by atoms with van der Waals surface area (Å²) in [5, 5.41) is 3.81. The maximum absolute atomic E-state index is 11.8. The molecule has 0 amide bonds. The summed E-state index contributed by atoms with van der Waals surface area (Å²) in [5.74, 6) is 0.462. The van der Waals surface area contributed by atoms with Crippen molar-refractivity contribution in [1.82, 2.24) is 15.0 Å². The summed E-state index contributed by atoms with van der Waals surface area (Å²) in [6.07, 6.45) is 0. The Balaban J connectivity index is 2.21. The van der Waals surface area contributed by atoms with Crippen LogP contribution >= 0.6 is 11.6 Å². The van der Waals surface area contributed by atoms with E-state index in [1.807, 2.05) is 0 Å². The molecule has 0 radical (unpaired) electrons. The lowest BCUT2D eigenvalue weighted by molar-refractivity contribution is 0.484. The second-order valence-electron chi connectivity index (χ2n) is 4.74. The molecule has 0 aliphatic heterocycles. The zero-order valence-electron chi connectivity index (χ0n) is 11.9. The average Bonchev–Trinajstić information content (AvgIpc) is 2.44. The first-order valence-corrected chi connectivity index (χ1v) is 8.31. The number of nitrogens with zero attached hydrogens (tertiary/aromatic N) is 3. The number of rotatable bonds is 3. The molecule has 0 aliphatic carbocycles. The van der Waals surface area contributed by atoms with Gasteiger partial charge in [0.15, 0.2) is 0 Å². The van der Waals surface area contributed by atoms with Crippen molar-refractivity contribution in [1.29, 1.82) is 0 Å². The minimum Gasteiger partial charge on any atom is -0.323 e. The van der Waals surface area contributed by atoms with Gasteiger partial charge in [-0.2, -0.15) is 18.4 Å². The topological polar surface area (TPSA) is 105 Å². The zero-order valence-corrected chi connectivity index (χ0v) is 13.4. The van der Waals surface area contributed by atoms with Gasteiger partial charge in [0.2, 0.25) is 11.2 Å². The Morgan fingerprint density at radius 1 is 1.09 bits per heavy atom. The third-order valence-electron chi connectivity index (χ3n) is 3.10. The molecule has 1 heterocycles. The summed E-state index contributed by atoms with van der Waals surface area (Å²) < 4.78 is 33.3. The Kier molecular flexibility index (Phi) is 3.88. The van der Waals surface area contributed by atoms with E-state index in [1.165, 1.54) is 6.07 Å². The highest BCUT2D eigenvalue weighted by molar-refractivity contribution is 7.86. The van der Waals surface area contributed by atoms with Crippen molar-refractivity contribution >= 4 is 44.1 Å². The van der Waals surface area contributed by atoms with Crippen molar-refractivity contribution < 1.29 is 13.0 Å². The SMILES string of the molecule is Cc1nc(Cl)nc(Nc2ccc3ccccc3c2S(=O)(=O)O)n1. The molecule has 0 aliphatic rings. The van der Waals surface area contributed by atoms with Crippen LogP contribution in [0.3, 0.4) is 0 Å². The predicted molar refractivity (Wildman–Crippen MR) is 86.6 cm³/mol. The third kappa shape index (κ3) is 3.24. The van der Waals surface area contributed by atoms with Gasteiger partial charge in [-0.05, 0) is 30.0 Å². The molecule has 2 aromatic carbocycles. The second kappa shape index (κ2) is 5.73. The molecule has 118 valence electrons. The number of hydrogen-bond acceptors (Lipinski definition) is 6. The summed E-state index contributed by atoms with van der Waals surface area (Å²) in [4.78, 5) is 11.5. The van der Waals surface area contributed by atoms with Crippen molar-refractivity contribution in [2.24, 2.45) is 0 Å². The lowest BCUT2D eigenvalue weighted by Crippen LogP contribution is -2.07. The van der Waals surface area contributed by atoms with Gasteiger partial charge in [-0.1, -0.05) is 30.3 Å². The minimum atomic E-state index is -4.47. The fourth-order valence-corrected chi connectivity index (χ4v) is 3.31. The lowest BCUT2D eigenvalue weighted by Gasteiger charge is -2.12. The molecule has 0 spiro atoms. The molecule has 0 fully saturated rings. The van der Waals surface area contributed by atoms with Crippen LogP contribution in [0, 0.1) is 6.92 Å². The number of nitrogens with one attached hydrogen (secondary N) is 1. The molecule has 0 unspecified atom stereocenters. The van der Waals surface area contributed by atoms with Gasteiger partial charge in [-0.3, -0.25) is 4.55 Å². The fourth-order valence-electron chi connectivity index (χ4n) is 2.24. The van der Waals surface area contributed by atoms with Crippen LogP contribution in [0.15, 0.2) is 41.3 Å². The third-order valence-corrected chi connectivity index (χ3v) is 4.23. The van der Waals surface area contributed by atoms with Crippen molar-refractivity contribution in [3.8, 4) is 0 Å². The molecule has 0 saturated heterocycles. The number of hydrogen-bond donors (Lipinski definition) is 2. The van der Waals surface area contributed by atoms with E-state index in [0.29, 0.717) is 16.6 Å². The van der Waals surface area contributed by atoms with Gasteiger partial charge in [0.25, 0.3) is 10.1 Å². The maximum Gasteiger partial charge on any atom is 0.297 e. The first-order valence-electron chi connectivity index (χ1n) is 6.49. The van der Waals surface area contributed by atoms with Gasteiger partial charge in [0.05, 0.1) is 5.69 Å². The molecule has 23 heavy (non-hydrogen) atoms. The van der Waals surface area contributed by atoms with Gasteiger partial charge < -0.3 is 5.32 Å². The highest BCUT2D eigenvalue weighted by atomic mass is 35.5. The van der Waals surface area contributed by atoms with Crippen molar-refractivity contribution in [2.45, 2.75) is 11.8 Å². The van der Waals surface area contributed by atoms with Crippen molar-refractivity contribution in [3.05, 3.63) is 47.5 Å². The summed E-state index contributed by atoms with van der Waals surface area (Å²) in [5.41, 5.74) is 0.146. The predicted octanol–water partition coefficient (Wildman–Crippen LogP) is 2.98. The molecule has 3 rings (SSSR count). The molecular weight excluding hydrogens is 340 g/mol. The van der Waals surface area contributed by atoms with Crippen LogP contribution in [0.5, 0.6) is 0 Å². The van der Waals surface area contributed by atoms with E-state index < -0.39 is 10.1 Å². The van der Waals surface area contributed by atoms with Crippen molar-refractivity contribution in [3.63, 3.8) is 0 Å². The highest BCUT2D eigenvalue weighted by Crippen LogP contribution is 2.31. The van der Waals surface area contributed by atoms with Gasteiger partial charge >= 0.3 is 0 Å². The smallest absolute Gasteiger partial charge is 0.297 e. The first-order chi connectivity index (χ1) is 10.8. The average molecular weight is 351 g/mol. The second-order valence-corrected chi connectivity index (χ2v) is 6.44. The van der Waals surface area contributed by atoms with Gasteiger partial charge in [-0.15, -0.1) is 0 Å². The normalized spacial score (nSPS) is 11.6. The summed E-state index contributed by atoms with van der Waals surface area (Å²) >= 11 is 5.77. The van der Waals surface area contributed by atoms with E-state index >= 15 is 0 Å². The van der Waals surface area contributed by atoms with Crippen LogP contribution in [0.1, 0.15) is 5.82 Å². The Morgan fingerprint density at radius 3 is 2.52 bits per heavy atom. The Hall–Kier alpha value is -2.29. The van der Waals surface area contributed by atoms with Crippen LogP contribution < -0.4 is 5.32 Å². The summed E-state index contributed by atoms with van der Waals surface area (Å²) in [7, 11) is -4.47. The van der Waals surface area contributed by atoms with E-state index in [1.54, 1.807) is 37.3 Å². The molecule has 3 aromatic rings. The van der Waals surface area contributed by atoms with E-state index in [4.69, 9.17) is 11.6 Å². The van der Waals surface area contributed by atoms with E-state index in [-0.39, 0.29) is 21.8 Å². The molecule has 1 aromatic heterocycles. The highest BCUT2D eigenvalue weighted by Gasteiger charge is 2.20. The molecule has 2 N–H and O–H groups in total. The van der Waals surface area contributed by atoms with Crippen molar-refractivity contribution in [2.75, 3.05) is 5.32 Å². The van der Waals surface area contributed by atoms with E-state index in [0.717, 1.165) is 0 Å². The van der Waals surface area contributed by atoms with Crippen LogP contribution in [0.2, 0.25) is 5.28 Å². The Morgan fingerprint density at radius 2 is 1.83 bits per heavy atom. The summed E-state index contributed by atoms with van der Waals surface area (Å²) in [6.45, 7) is 1.63. The first kappa shape index (κ1) is 15.6. The molecular formula is C14H11ClN4O3S. The maximum atomic E-state index is 11.8. The number of benzene rings is 2. The Bertz CT molecular complexity index is 988. The van der Waals surface area contributed by atoms with Crippen LogP contribution in [-0.4, -0.2) is 27.9 Å².